The Labute approximate surface area is 174 Å². The summed E-state index contributed by atoms with van der Waals surface area (Å²) in [6.45, 7) is 8.38. The molecule has 28 heavy (non-hydrogen) atoms. The Kier molecular flexibility index (Phi) is 6.91. The summed E-state index contributed by atoms with van der Waals surface area (Å²) in [6, 6.07) is 12.4. The zero-order valence-electron chi connectivity index (χ0n) is 16.8. The first-order valence-corrected chi connectivity index (χ1v) is 11.4. The summed E-state index contributed by atoms with van der Waals surface area (Å²) in [5.74, 6) is 1.32. The molecule has 0 aliphatic heterocycles. The number of aromatic nitrogens is 3. The van der Waals surface area contributed by atoms with Crippen LogP contribution in [0.3, 0.4) is 0 Å². The predicted molar refractivity (Wildman–Crippen MR) is 119 cm³/mol. The maximum Gasteiger partial charge on any atom is 0.191 e. The van der Waals surface area contributed by atoms with E-state index < -0.39 is 0 Å². The molecule has 1 aromatic carbocycles. The van der Waals surface area contributed by atoms with Crippen LogP contribution in [0.15, 0.2) is 41.6 Å². The van der Waals surface area contributed by atoms with Crippen LogP contribution in [0.25, 0.3) is 11.4 Å². The van der Waals surface area contributed by atoms with E-state index in [1.807, 2.05) is 23.7 Å². The molecule has 2 heterocycles. The van der Waals surface area contributed by atoms with Gasteiger partial charge in [-0.1, -0.05) is 18.7 Å². The van der Waals surface area contributed by atoms with Crippen LogP contribution >= 0.6 is 23.1 Å². The van der Waals surface area contributed by atoms with Gasteiger partial charge >= 0.3 is 0 Å². The first-order valence-electron chi connectivity index (χ1n) is 9.56. The first kappa shape index (κ1) is 20.6. The average Bonchev–Trinajstić information content (AvgIpc) is 3.34. The molecule has 148 valence electrons. The molecule has 0 spiro atoms. The number of hydrogen-bond donors (Lipinski definition) is 0. The standard InChI is InChI=1S/C21H26N4OS2/c1-5-17-12-13-19(28-17)18(26)14-27-21-23-22-20(24(21)4)15-8-10-16(11-9-15)25(6-2)7-3/h8-13H,5-7,14H2,1-4H3. The van der Waals surface area contributed by atoms with Crippen LogP contribution in [0.4, 0.5) is 5.69 Å². The molecule has 0 unspecified atom stereocenters. The third-order valence-electron chi connectivity index (χ3n) is 4.71. The summed E-state index contributed by atoms with van der Waals surface area (Å²) in [4.78, 5) is 16.8. The lowest BCUT2D eigenvalue weighted by Gasteiger charge is -2.21. The van der Waals surface area contributed by atoms with E-state index in [-0.39, 0.29) is 5.78 Å². The molecule has 0 bridgehead atoms. The van der Waals surface area contributed by atoms with Gasteiger partial charge in [0.2, 0.25) is 0 Å². The number of nitrogens with zero attached hydrogens (tertiary/aromatic N) is 4. The Bertz CT molecular complexity index is 926. The molecule has 0 N–H and O–H groups in total. The first-order chi connectivity index (χ1) is 13.6. The monoisotopic (exact) mass is 414 g/mol. The number of carbonyl (C=O) groups is 1. The van der Waals surface area contributed by atoms with E-state index in [9.17, 15) is 4.79 Å². The van der Waals surface area contributed by atoms with Crippen LogP contribution in [0.5, 0.6) is 0 Å². The molecule has 0 aliphatic rings. The minimum Gasteiger partial charge on any atom is -0.372 e. The quantitative estimate of drug-likeness (QED) is 0.367. The Hall–Kier alpha value is -2.12. The van der Waals surface area contributed by atoms with Crippen LogP contribution in [0.2, 0.25) is 0 Å². The third-order valence-corrected chi connectivity index (χ3v) is 7.00. The molecule has 2 aromatic heterocycles. The highest BCUT2D eigenvalue weighted by atomic mass is 32.2. The SMILES string of the molecule is CCc1ccc(C(=O)CSc2nnc(-c3ccc(N(CC)CC)cc3)n2C)s1. The van der Waals surface area contributed by atoms with Crippen molar-refractivity contribution in [3.05, 3.63) is 46.2 Å². The topological polar surface area (TPSA) is 51.0 Å². The Morgan fingerprint density at radius 1 is 1.07 bits per heavy atom. The molecule has 0 amide bonds. The van der Waals surface area contributed by atoms with Crippen molar-refractivity contribution >= 4 is 34.6 Å². The van der Waals surface area contributed by atoms with E-state index in [2.05, 4.69) is 60.1 Å². The highest BCUT2D eigenvalue weighted by molar-refractivity contribution is 7.99. The fraction of sp³-hybridized carbons (Fsp3) is 0.381. The van der Waals surface area contributed by atoms with Gasteiger partial charge in [-0.2, -0.15) is 0 Å². The smallest absolute Gasteiger partial charge is 0.191 e. The van der Waals surface area contributed by atoms with Gasteiger partial charge in [-0.25, -0.2) is 0 Å². The lowest BCUT2D eigenvalue weighted by molar-refractivity contribution is 0.102. The van der Waals surface area contributed by atoms with Crippen LogP contribution in [0, 0.1) is 0 Å². The molecular weight excluding hydrogens is 388 g/mol. The van der Waals surface area contributed by atoms with Gasteiger partial charge in [-0.3, -0.25) is 4.79 Å². The van der Waals surface area contributed by atoms with Crippen molar-refractivity contribution in [1.29, 1.82) is 0 Å². The maximum absolute atomic E-state index is 12.4. The van der Waals surface area contributed by atoms with Gasteiger partial charge in [0, 0.05) is 36.3 Å². The van der Waals surface area contributed by atoms with Gasteiger partial charge in [0.1, 0.15) is 0 Å². The normalized spacial score (nSPS) is 11.0. The van der Waals surface area contributed by atoms with Crippen molar-refractivity contribution < 1.29 is 4.79 Å². The fourth-order valence-electron chi connectivity index (χ4n) is 3.02. The number of ketones is 1. The van der Waals surface area contributed by atoms with Gasteiger partial charge in [-0.15, -0.1) is 21.5 Å². The number of carbonyl (C=O) groups excluding carboxylic acids is 1. The number of hydrogen-bond acceptors (Lipinski definition) is 6. The number of thiophene rings is 1. The summed E-state index contributed by atoms with van der Waals surface area (Å²) in [6.07, 6.45) is 0.963. The second-order valence-corrected chi connectivity index (χ2v) is 8.53. The van der Waals surface area contributed by atoms with Crippen molar-refractivity contribution in [3.8, 4) is 11.4 Å². The zero-order chi connectivity index (χ0) is 20.1. The van der Waals surface area contributed by atoms with E-state index in [0.29, 0.717) is 5.75 Å². The van der Waals surface area contributed by atoms with Crippen LogP contribution in [0.1, 0.15) is 35.3 Å². The number of benzene rings is 1. The lowest BCUT2D eigenvalue weighted by atomic mass is 10.2. The van der Waals surface area contributed by atoms with E-state index >= 15 is 0 Å². The van der Waals surface area contributed by atoms with Gasteiger partial charge in [-0.05, 0) is 56.7 Å². The molecule has 0 fully saturated rings. The van der Waals surface area contributed by atoms with E-state index in [1.54, 1.807) is 11.3 Å². The third kappa shape index (κ3) is 4.47. The molecule has 0 saturated carbocycles. The highest BCUT2D eigenvalue weighted by Crippen LogP contribution is 2.26. The molecule has 3 aromatic rings. The maximum atomic E-state index is 12.4. The molecule has 0 radical (unpaired) electrons. The summed E-state index contributed by atoms with van der Waals surface area (Å²) >= 11 is 3.02. The summed E-state index contributed by atoms with van der Waals surface area (Å²) in [7, 11) is 1.95. The van der Waals surface area contributed by atoms with Gasteiger partial charge in [0.15, 0.2) is 16.8 Å². The van der Waals surface area contributed by atoms with Crippen molar-refractivity contribution in [3.63, 3.8) is 0 Å². The molecule has 5 nitrogen and oxygen atoms in total. The largest absolute Gasteiger partial charge is 0.372 e. The van der Waals surface area contributed by atoms with Gasteiger partial charge < -0.3 is 9.47 Å². The average molecular weight is 415 g/mol. The van der Waals surface area contributed by atoms with Crippen LogP contribution < -0.4 is 4.90 Å². The predicted octanol–water partition coefficient (Wildman–Crippen LogP) is 4.93. The van der Waals surface area contributed by atoms with E-state index in [4.69, 9.17) is 0 Å². The molecule has 0 aliphatic carbocycles. The molecular formula is C21H26N4OS2. The minimum absolute atomic E-state index is 0.142. The van der Waals surface area contributed by atoms with Crippen molar-refractivity contribution in [2.45, 2.75) is 32.3 Å². The number of Topliss-reactive ketones (excluding diaryl/α,β-unsaturated/α-hetero) is 1. The summed E-state index contributed by atoms with van der Waals surface area (Å²) in [5, 5.41) is 9.38. The number of anilines is 1. The number of rotatable bonds is 9. The number of aryl methyl sites for hydroxylation is 1. The molecule has 0 saturated heterocycles. The Balaban J connectivity index is 1.69. The van der Waals surface area contributed by atoms with Crippen molar-refractivity contribution in [2.24, 2.45) is 7.05 Å². The molecule has 0 atom stereocenters. The van der Waals surface area contributed by atoms with Crippen LogP contribution in [-0.4, -0.2) is 39.4 Å². The van der Waals surface area contributed by atoms with Crippen LogP contribution in [-0.2, 0) is 13.5 Å². The molecule has 7 heteroatoms. The lowest BCUT2D eigenvalue weighted by Crippen LogP contribution is -2.21. The van der Waals surface area contributed by atoms with Gasteiger partial charge in [0.25, 0.3) is 0 Å². The zero-order valence-corrected chi connectivity index (χ0v) is 18.4. The van der Waals surface area contributed by atoms with E-state index in [0.717, 1.165) is 40.9 Å². The Morgan fingerprint density at radius 3 is 2.39 bits per heavy atom. The number of thioether (sulfide) groups is 1. The second kappa shape index (κ2) is 9.39. The second-order valence-electron chi connectivity index (χ2n) is 6.42. The summed E-state index contributed by atoms with van der Waals surface area (Å²) in [5.41, 5.74) is 2.23. The van der Waals surface area contributed by atoms with Crippen molar-refractivity contribution in [1.82, 2.24) is 14.8 Å². The van der Waals surface area contributed by atoms with Gasteiger partial charge in [0.05, 0.1) is 10.6 Å². The Morgan fingerprint density at radius 2 is 1.79 bits per heavy atom. The van der Waals surface area contributed by atoms with Crippen molar-refractivity contribution in [2.75, 3.05) is 23.7 Å². The highest BCUT2D eigenvalue weighted by Gasteiger charge is 2.15. The molecule has 3 rings (SSSR count). The minimum atomic E-state index is 0.142. The van der Waals surface area contributed by atoms with E-state index in [1.165, 1.54) is 22.3 Å². The summed E-state index contributed by atoms with van der Waals surface area (Å²) < 4.78 is 1.95. The fourth-order valence-corrected chi connectivity index (χ4v) is 4.79.